The zero-order valence-corrected chi connectivity index (χ0v) is 11.3. The maximum absolute atomic E-state index is 12.7. The predicted octanol–water partition coefficient (Wildman–Crippen LogP) is 4.14. The summed E-state index contributed by atoms with van der Waals surface area (Å²) in [5.74, 6) is -0.189. The lowest BCUT2D eigenvalue weighted by Crippen LogP contribution is -2.11. The summed E-state index contributed by atoms with van der Waals surface area (Å²) in [4.78, 5) is 0. The van der Waals surface area contributed by atoms with Crippen LogP contribution in [0.15, 0.2) is 22.7 Å². The van der Waals surface area contributed by atoms with Gasteiger partial charge in [-0.1, -0.05) is 15.9 Å². The van der Waals surface area contributed by atoms with Gasteiger partial charge in [0, 0.05) is 10.7 Å². The molecular weight excluding hydrogens is 321 g/mol. The second kappa shape index (κ2) is 6.51. The van der Waals surface area contributed by atoms with Gasteiger partial charge in [-0.25, -0.2) is 0 Å². The van der Waals surface area contributed by atoms with Crippen molar-refractivity contribution in [3.63, 3.8) is 0 Å². The van der Waals surface area contributed by atoms with Gasteiger partial charge >= 0.3 is 6.18 Å². The molecule has 0 aliphatic heterocycles. The highest BCUT2D eigenvalue weighted by Gasteiger charge is 2.34. The van der Waals surface area contributed by atoms with Crippen LogP contribution in [0.3, 0.4) is 0 Å². The highest BCUT2D eigenvalue weighted by atomic mass is 79.9. The minimum absolute atomic E-state index is 0.0750. The van der Waals surface area contributed by atoms with Crippen molar-refractivity contribution in [3.8, 4) is 5.75 Å². The number of benzene rings is 1. The first-order valence-corrected chi connectivity index (χ1v) is 6.54. The van der Waals surface area contributed by atoms with Crippen LogP contribution in [0.4, 0.5) is 13.2 Å². The molecule has 0 unspecified atom stereocenters. The van der Waals surface area contributed by atoms with E-state index >= 15 is 0 Å². The fraction of sp³-hybridized carbons (Fsp3) is 0.400. The van der Waals surface area contributed by atoms with Crippen molar-refractivity contribution < 1.29 is 22.1 Å². The lowest BCUT2D eigenvalue weighted by atomic mass is 10.2. The average Bonchev–Trinajstić information content (AvgIpc) is 2.25. The van der Waals surface area contributed by atoms with E-state index in [1.807, 2.05) is 0 Å². The Morgan fingerprint density at radius 2 is 2.00 bits per heavy atom. The summed E-state index contributed by atoms with van der Waals surface area (Å²) >= 11 is 4.14. The Morgan fingerprint density at radius 3 is 2.59 bits per heavy atom. The largest absolute Gasteiger partial charge is 0.491 e. The van der Waals surface area contributed by atoms with Crippen molar-refractivity contribution in [1.82, 2.24) is 0 Å². The third-order valence-electron chi connectivity index (χ3n) is 1.79. The van der Waals surface area contributed by atoms with Gasteiger partial charge in [0.2, 0.25) is 0 Å². The molecular formula is C10H10BrF3O2S. The zero-order chi connectivity index (χ0) is 12.9. The van der Waals surface area contributed by atoms with E-state index in [4.69, 9.17) is 8.92 Å². The lowest BCUT2D eigenvalue weighted by molar-refractivity contribution is -0.139. The first-order valence-electron chi connectivity index (χ1n) is 4.60. The number of alkyl halides is 3. The van der Waals surface area contributed by atoms with Gasteiger partial charge in [0.1, 0.15) is 12.4 Å². The predicted molar refractivity (Wildman–Crippen MR) is 64.1 cm³/mol. The van der Waals surface area contributed by atoms with Crippen molar-refractivity contribution in [2.75, 3.05) is 19.5 Å². The smallest absolute Gasteiger partial charge is 0.420 e. The van der Waals surface area contributed by atoms with Crippen LogP contribution in [0.1, 0.15) is 5.56 Å². The Hall–Kier alpha value is -0.400. The summed E-state index contributed by atoms with van der Waals surface area (Å²) in [6, 6.07) is 3.77. The van der Waals surface area contributed by atoms with Crippen LogP contribution in [0.5, 0.6) is 5.75 Å². The van der Waals surface area contributed by atoms with Crippen molar-refractivity contribution in [2.45, 2.75) is 6.18 Å². The molecule has 0 saturated carbocycles. The van der Waals surface area contributed by atoms with Gasteiger partial charge < -0.3 is 8.92 Å². The maximum atomic E-state index is 12.7. The van der Waals surface area contributed by atoms with Crippen LogP contribution in [0.25, 0.3) is 0 Å². The van der Waals surface area contributed by atoms with Crippen LogP contribution >= 0.6 is 28.0 Å². The number of hydrogen-bond donors (Lipinski definition) is 0. The molecule has 96 valence electrons. The van der Waals surface area contributed by atoms with Crippen molar-refractivity contribution in [2.24, 2.45) is 0 Å². The molecule has 0 amide bonds. The highest BCUT2D eigenvalue weighted by Crippen LogP contribution is 2.37. The van der Waals surface area contributed by atoms with Gasteiger partial charge in [-0.3, -0.25) is 0 Å². The molecule has 0 aliphatic carbocycles. The van der Waals surface area contributed by atoms with Gasteiger partial charge in [-0.2, -0.15) is 13.2 Å². The minimum atomic E-state index is -4.43. The molecule has 17 heavy (non-hydrogen) atoms. The van der Waals surface area contributed by atoms with E-state index in [1.165, 1.54) is 12.1 Å². The molecule has 1 rings (SSSR count). The highest BCUT2D eigenvalue weighted by molar-refractivity contribution is 9.10. The molecule has 0 atom stereocenters. The average molecular weight is 331 g/mol. The molecule has 0 N–H and O–H groups in total. The minimum Gasteiger partial charge on any atom is -0.491 e. The Morgan fingerprint density at radius 1 is 1.29 bits per heavy atom. The first-order chi connectivity index (χ1) is 7.95. The van der Waals surface area contributed by atoms with Crippen molar-refractivity contribution in [3.05, 3.63) is 28.2 Å². The van der Waals surface area contributed by atoms with Gasteiger partial charge in [0.15, 0.2) is 0 Å². The van der Waals surface area contributed by atoms with E-state index in [0.717, 1.165) is 18.1 Å². The summed E-state index contributed by atoms with van der Waals surface area (Å²) in [6.45, 7) is 0.306. The van der Waals surface area contributed by atoms with Crippen LogP contribution < -0.4 is 4.74 Å². The molecule has 0 radical (unpaired) electrons. The molecule has 0 bridgehead atoms. The summed E-state index contributed by atoms with van der Waals surface area (Å²) in [6.07, 6.45) is -2.71. The van der Waals surface area contributed by atoms with Gasteiger partial charge in [0.05, 0.1) is 12.2 Å². The Labute approximate surface area is 110 Å². The lowest BCUT2D eigenvalue weighted by Gasteiger charge is -2.14. The molecule has 0 saturated heterocycles. The fourth-order valence-corrected chi connectivity index (χ4v) is 1.71. The van der Waals surface area contributed by atoms with Crippen LogP contribution in [-0.4, -0.2) is 19.5 Å². The van der Waals surface area contributed by atoms with E-state index in [-0.39, 0.29) is 19.0 Å². The fourth-order valence-electron chi connectivity index (χ4n) is 1.12. The summed E-state index contributed by atoms with van der Waals surface area (Å²) in [5.41, 5.74) is -0.795. The molecule has 0 heterocycles. The Kier molecular flexibility index (Phi) is 5.61. The number of ether oxygens (including phenoxy) is 1. The third kappa shape index (κ3) is 4.77. The summed E-state index contributed by atoms with van der Waals surface area (Å²) in [5, 5.41) is 0. The van der Waals surface area contributed by atoms with E-state index < -0.39 is 11.7 Å². The summed E-state index contributed by atoms with van der Waals surface area (Å²) in [7, 11) is 0. The van der Waals surface area contributed by atoms with Gasteiger partial charge in [-0.05, 0) is 30.2 Å². The Balaban J connectivity index is 2.77. The van der Waals surface area contributed by atoms with E-state index in [9.17, 15) is 13.2 Å². The van der Waals surface area contributed by atoms with Crippen LogP contribution in [-0.2, 0) is 10.4 Å². The second-order valence-electron chi connectivity index (χ2n) is 2.98. The maximum Gasteiger partial charge on any atom is 0.420 e. The first kappa shape index (κ1) is 14.7. The number of hydrogen-bond acceptors (Lipinski definition) is 3. The standard InChI is InChI=1S/C10H10BrF3O2S/c1-17-16-5-4-15-9-3-2-7(11)6-8(9)10(12,13)14/h2-3,6H,4-5H2,1H3. The van der Waals surface area contributed by atoms with Gasteiger partial charge in [-0.15, -0.1) is 0 Å². The van der Waals surface area contributed by atoms with Crippen molar-refractivity contribution in [1.29, 1.82) is 0 Å². The normalized spacial score (nSPS) is 11.6. The topological polar surface area (TPSA) is 18.5 Å². The van der Waals surface area contributed by atoms with Gasteiger partial charge in [0.25, 0.3) is 0 Å². The molecule has 7 heteroatoms. The Bertz CT molecular complexity index is 371. The molecule has 0 aliphatic rings. The van der Waals surface area contributed by atoms with E-state index in [2.05, 4.69) is 15.9 Å². The second-order valence-corrected chi connectivity index (χ2v) is 4.46. The quantitative estimate of drug-likeness (QED) is 0.597. The monoisotopic (exact) mass is 330 g/mol. The van der Waals surface area contributed by atoms with Crippen LogP contribution in [0, 0.1) is 0 Å². The molecule has 1 aromatic rings. The van der Waals surface area contributed by atoms with E-state index in [0.29, 0.717) is 4.47 Å². The van der Waals surface area contributed by atoms with Crippen molar-refractivity contribution >= 4 is 28.0 Å². The molecule has 2 nitrogen and oxygen atoms in total. The molecule has 0 spiro atoms. The molecule has 1 aromatic carbocycles. The van der Waals surface area contributed by atoms with E-state index in [1.54, 1.807) is 6.26 Å². The molecule has 0 aromatic heterocycles. The number of halogens is 4. The zero-order valence-electron chi connectivity index (χ0n) is 8.88. The third-order valence-corrected chi connectivity index (χ3v) is 2.68. The number of rotatable bonds is 5. The SMILES string of the molecule is CSOCCOc1ccc(Br)cc1C(F)(F)F. The summed E-state index contributed by atoms with van der Waals surface area (Å²) < 4.78 is 48.3. The van der Waals surface area contributed by atoms with Crippen LogP contribution in [0.2, 0.25) is 0 Å². The molecule has 0 fully saturated rings.